The number of aryl methyl sites for hydroxylation is 1. The predicted molar refractivity (Wildman–Crippen MR) is 60.8 cm³/mol. The predicted octanol–water partition coefficient (Wildman–Crippen LogP) is 0.306. The van der Waals surface area contributed by atoms with Gasteiger partial charge in [0.2, 0.25) is 0 Å². The summed E-state index contributed by atoms with van der Waals surface area (Å²) in [5.41, 5.74) is 2.12. The van der Waals surface area contributed by atoms with Crippen LogP contribution in [-0.2, 0) is 18.4 Å². The Morgan fingerprint density at radius 2 is 2.29 bits per heavy atom. The van der Waals surface area contributed by atoms with Gasteiger partial charge >= 0.3 is 11.7 Å². The fraction of sp³-hybridized carbons (Fsp3) is 0.273. The lowest BCUT2D eigenvalue weighted by Gasteiger charge is -2.02. The summed E-state index contributed by atoms with van der Waals surface area (Å²) in [7, 11) is 1.63. The molecule has 0 atom stereocenters. The number of carboxylic acids is 1. The number of carboxylic acid groups (broad SMARTS) is 1. The van der Waals surface area contributed by atoms with Gasteiger partial charge < -0.3 is 14.8 Å². The zero-order chi connectivity index (χ0) is 12.4. The molecule has 0 unspecified atom stereocenters. The number of aliphatic carboxylic acids is 1. The van der Waals surface area contributed by atoms with Gasteiger partial charge in [-0.15, -0.1) is 0 Å². The van der Waals surface area contributed by atoms with Crippen molar-refractivity contribution < 1.29 is 14.3 Å². The van der Waals surface area contributed by atoms with Crippen molar-refractivity contribution in [1.29, 1.82) is 0 Å². The Morgan fingerprint density at radius 1 is 1.53 bits per heavy atom. The van der Waals surface area contributed by atoms with Gasteiger partial charge in [-0.2, -0.15) is 0 Å². The van der Waals surface area contributed by atoms with Crippen LogP contribution in [0.2, 0.25) is 0 Å². The molecule has 1 aromatic heterocycles. The maximum absolute atomic E-state index is 11.3. The van der Waals surface area contributed by atoms with Crippen LogP contribution in [0.15, 0.2) is 27.4 Å². The average Bonchev–Trinajstić information content (AvgIpc) is 2.55. The molecule has 17 heavy (non-hydrogen) atoms. The number of carbonyl (C=O) groups is 1. The van der Waals surface area contributed by atoms with Crippen LogP contribution in [0, 0.1) is 0 Å². The minimum absolute atomic E-state index is 0.0949. The number of aromatic nitrogens is 1. The number of oxazole rings is 1. The Labute approximate surface area is 96.5 Å². The van der Waals surface area contributed by atoms with Crippen molar-refractivity contribution >= 4 is 17.1 Å². The van der Waals surface area contributed by atoms with E-state index < -0.39 is 11.7 Å². The summed E-state index contributed by atoms with van der Waals surface area (Å²) in [6.07, 6.45) is 0. The van der Waals surface area contributed by atoms with Gasteiger partial charge in [0.25, 0.3) is 0 Å². The van der Waals surface area contributed by atoms with E-state index in [0.717, 1.165) is 5.56 Å². The van der Waals surface area contributed by atoms with Crippen molar-refractivity contribution in [3.8, 4) is 0 Å². The molecule has 0 fully saturated rings. The van der Waals surface area contributed by atoms with E-state index in [1.165, 1.54) is 4.57 Å². The second-order valence-electron chi connectivity index (χ2n) is 3.73. The summed E-state index contributed by atoms with van der Waals surface area (Å²) in [6, 6.07) is 5.30. The molecule has 0 amide bonds. The summed E-state index contributed by atoms with van der Waals surface area (Å²) >= 11 is 0. The van der Waals surface area contributed by atoms with Gasteiger partial charge in [0.15, 0.2) is 5.58 Å². The maximum atomic E-state index is 11.3. The van der Waals surface area contributed by atoms with Crippen LogP contribution in [0.5, 0.6) is 0 Å². The molecule has 90 valence electrons. The second-order valence-corrected chi connectivity index (χ2v) is 3.73. The second kappa shape index (κ2) is 4.42. The van der Waals surface area contributed by atoms with E-state index in [4.69, 9.17) is 9.52 Å². The summed E-state index contributed by atoms with van der Waals surface area (Å²) in [6.45, 7) is 0.337. The molecular formula is C11H12N2O4. The highest BCUT2D eigenvalue weighted by atomic mass is 16.4. The molecule has 0 aliphatic heterocycles. The van der Waals surface area contributed by atoms with Gasteiger partial charge in [-0.25, -0.2) is 4.79 Å². The smallest absolute Gasteiger partial charge is 0.419 e. The fourth-order valence-corrected chi connectivity index (χ4v) is 1.60. The third kappa shape index (κ3) is 2.36. The summed E-state index contributed by atoms with van der Waals surface area (Å²) in [5, 5.41) is 11.3. The first-order chi connectivity index (χ1) is 8.08. The number of rotatable bonds is 4. The van der Waals surface area contributed by atoms with Gasteiger partial charge in [0, 0.05) is 13.6 Å². The SMILES string of the molecule is Cn1c(=O)oc2ccc(CNCC(=O)O)cc21. The van der Waals surface area contributed by atoms with Gasteiger partial charge in [0.1, 0.15) is 0 Å². The molecule has 0 aliphatic carbocycles. The fourth-order valence-electron chi connectivity index (χ4n) is 1.60. The molecule has 0 radical (unpaired) electrons. The highest BCUT2D eigenvalue weighted by Gasteiger charge is 2.06. The number of fused-ring (bicyclic) bond motifs is 1. The molecule has 6 nitrogen and oxygen atoms in total. The molecule has 2 N–H and O–H groups in total. The van der Waals surface area contributed by atoms with Gasteiger partial charge in [-0.1, -0.05) is 6.07 Å². The number of nitrogens with one attached hydrogen (secondary N) is 1. The number of hydrogen-bond acceptors (Lipinski definition) is 4. The first-order valence-electron chi connectivity index (χ1n) is 5.09. The number of hydrogen-bond donors (Lipinski definition) is 2. The molecule has 6 heteroatoms. The Kier molecular flexibility index (Phi) is 2.97. The molecule has 0 bridgehead atoms. The van der Waals surface area contributed by atoms with Crippen LogP contribution in [0.1, 0.15) is 5.56 Å². The van der Waals surface area contributed by atoms with Crippen LogP contribution in [-0.4, -0.2) is 22.2 Å². The normalized spacial score (nSPS) is 10.9. The van der Waals surface area contributed by atoms with E-state index in [1.807, 2.05) is 0 Å². The largest absolute Gasteiger partial charge is 0.480 e. The first kappa shape index (κ1) is 11.4. The number of benzene rings is 1. The average molecular weight is 236 g/mol. The topological polar surface area (TPSA) is 84.5 Å². The third-order valence-electron chi connectivity index (χ3n) is 2.46. The Bertz CT molecular complexity index is 611. The Balaban J connectivity index is 2.22. The monoisotopic (exact) mass is 236 g/mol. The quantitative estimate of drug-likeness (QED) is 0.797. The van der Waals surface area contributed by atoms with Crippen molar-refractivity contribution in [3.05, 3.63) is 34.3 Å². The molecule has 0 saturated carbocycles. The standard InChI is InChI=1S/C11H12N2O4/c1-13-8-4-7(5-12-6-10(14)15)2-3-9(8)17-11(13)16/h2-4,12H,5-6H2,1H3,(H,14,15). The summed E-state index contributed by atoms with van der Waals surface area (Å²) < 4.78 is 6.40. The minimum atomic E-state index is -0.901. The van der Waals surface area contributed by atoms with Crippen LogP contribution in [0.3, 0.4) is 0 Å². The van der Waals surface area contributed by atoms with E-state index in [-0.39, 0.29) is 6.54 Å². The third-order valence-corrected chi connectivity index (χ3v) is 2.46. The Hall–Kier alpha value is -2.08. The van der Waals surface area contributed by atoms with Gasteiger partial charge in [-0.3, -0.25) is 9.36 Å². The Morgan fingerprint density at radius 3 is 3.00 bits per heavy atom. The highest BCUT2D eigenvalue weighted by Crippen LogP contribution is 2.13. The zero-order valence-corrected chi connectivity index (χ0v) is 9.27. The van der Waals surface area contributed by atoms with Crippen LogP contribution in [0.4, 0.5) is 0 Å². The van der Waals surface area contributed by atoms with Crippen LogP contribution >= 0.6 is 0 Å². The lowest BCUT2D eigenvalue weighted by molar-refractivity contribution is -0.135. The van der Waals surface area contributed by atoms with Crippen molar-refractivity contribution in [3.63, 3.8) is 0 Å². The molecule has 1 aromatic carbocycles. The summed E-state index contributed by atoms with van der Waals surface area (Å²) in [4.78, 5) is 21.6. The van der Waals surface area contributed by atoms with E-state index >= 15 is 0 Å². The molecule has 1 heterocycles. The van der Waals surface area contributed by atoms with E-state index in [9.17, 15) is 9.59 Å². The van der Waals surface area contributed by atoms with Crippen LogP contribution < -0.4 is 11.1 Å². The zero-order valence-electron chi connectivity index (χ0n) is 9.27. The van der Waals surface area contributed by atoms with Crippen molar-refractivity contribution in [2.75, 3.05) is 6.54 Å². The lowest BCUT2D eigenvalue weighted by atomic mass is 10.2. The van der Waals surface area contributed by atoms with Gasteiger partial charge in [0.05, 0.1) is 12.1 Å². The maximum Gasteiger partial charge on any atom is 0.419 e. The molecule has 0 saturated heterocycles. The van der Waals surface area contributed by atoms with Crippen molar-refractivity contribution in [1.82, 2.24) is 9.88 Å². The molecule has 0 spiro atoms. The van der Waals surface area contributed by atoms with Crippen LogP contribution in [0.25, 0.3) is 11.1 Å². The van der Waals surface area contributed by atoms with E-state index in [2.05, 4.69) is 5.32 Å². The highest BCUT2D eigenvalue weighted by molar-refractivity contribution is 5.73. The van der Waals surface area contributed by atoms with E-state index in [1.54, 1.807) is 25.2 Å². The van der Waals surface area contributed by atoms with Crippen molar-refractivity contribution in [2.24, 2.45) is 7.05 Å². The molecule has 0 aliphatic rings. The first-order valence-corrected chi connectivity index (χ1v) is 5.09. The van der Waals surface area contributed by atoms with Gasteiger partial charge in [-0.05, 0) is 17.7 Å². The minimum Gasteiger partial charge on any atom is -0.480 e. The van der Waals surface area contributed by atoms with Crippen molar-refractivity contribution in [2.45, 2.75) is 6.54 Å². The number of nitrogens with zero attached hydrogens (tertiary/aromatic N) is 1. The molecule has 2 rings (SSSR count). The summed E-state index contributed by atoms with van der Waals surface area (Å²) in [5.74, 6) is -1.31. The lowest BCUT2D eigenvalue weighted by Crippen LogP contribution is -2.21. The van der Waals surface area contributed by atoms with E-state index in [0.29, 0.717) is 17.6 Å². The molecule has 2 aromatic rings. The molecular weight excluding hydrogens is 224 g/mol.